The number of hydrogen-bond acceptors (Lipinski definition) is 2. The van der Waals surface area contributed by atoms with Gasteiger partial charge in [0.25, 0.3) is 0 Å². The van der Waals surface area contributed by atoms with Crippen LogP contribution in [0.25, 0.3) is 0 Å². The molecule has 3 heteroatoms. The number of alkyl halides is 1. The molecular weight excluding hydrogens is 291 g/mol. The number of carbonyl (C=O) groups excluding carboxylic acids is 1. The predicted octanol–water partition coefficient (Wildman–Crippen LogP) is 4.15. The van der Waals surface area contributed by atoms with E-state index in [1.54, 1.807) is 0 Å². The highest BCUT2D eigenvalue weighted by molar-refractivity contribution is 5.80. The lowest BCUT2D eigenvalue weighted by atomic mass is 9.42. The number of aliphatic hydroxyl groups is 1. The lowest BCUT2D eigenvalue weighted by Gasteiger charge is -2.62. The van der Waals surface area contributed by atoms with Crippen LogP contribution in [-0.2, 0) is 4.79 Å². The van der Waals surface area contributed by atoms with Gasteiger partial charge >= 0.3 is 0 Å². The highest BCUT2D eigenvalue weighted by Crippen LogP contribution is 2.67. The fourth-order valence-electron chi connectivity index (χ4n) is 7.37. The van der Waals surface area contributed by atoms with Gasteiger partial charge in [0.1, 0.15) is 12.0 Å². The zero-order chi connectivity index (χ0) is 16.6. The van der Waals surface area contributed by atoms with Crippen molar-refractivity contribution in [1.82, 2.24) is 0 Å². The Hall–Kier alpha value is -0.440. The Labute approximate surface area is 139 Å². The summed E-state index contributed by atoms with van der Waals surface area (Å²) in [5.41, 5.74) is 0.0263. The van der Waals surface area contributed by atoms with Crippen LogP contribution in [-0.4, -0.2) is 23.2 Å². The minimum atomic E-state index is -0.786. The molecule has 0 bridgehead atoms. The van der Waals surface area contributed by atoms with Crippen LogP contribution >= 0.6 is 0 Å². The van der Waals surface area contributed by atoms with Crippen LogP contribution in [0.2, 0.25) is 0 Å². The first-order valence-corrected chi connectivity index (χ1v) is 9.62. The Bertz CT molecular complexity index is 520. The Morgan fingerprint density at radius 2 is 1.87 bits per heavy atom. The number of hydrogen-bond donors (Lipinski definition) is 1. The van der Waals surface area contributed by atoms with E-state index in [0.717, 1.165) is 25.7 Å². The maximum absolute atomic E-state index is 15.3. The molecule has 0 aromatic rings. The number of halogens is 1. The first kappa shape index (κ1) is 16.1. The second-order valence-corrected chi connectivity index (χ2v) is 9.59. The Kier molecular flexibility index (Phi) is 3.51. The van der Waals surface area contributed by atoms with Crippen LogP contribution in [0, 0.1) is 40.4 Å². The molecule has 2 nitrogen and oxygen atoms in total. The van der Waals surface area contributed by atoms with Gasteiger partial charge in [-0.2, -0.15) is 0 Å². The van der Waals surface area contributed by atoms with Crippen molar-refractivity contribution < 1.29 is 14.3 Å². The summed E-state index contributed by atoms with van der Waals surface area (Å²) in [6.07, 6.45) is 4.67. The maximum Gasteiger partial charge on any atom is 0.133 e. The Balaban J connectivity index is 1.72. The topological polar surface area (TPSA) is 37.3 Å². The van der Waals surface area contributed by atoms with Gasteiger partial charge < -0.3 is 5.11 Å². The summed E-state index contributed by atoms with van der Waals surface area (Å²) >= 11 is 0. The average Bonchev–Trinajstić information content (AvgIpc) is 2.78. The molecule has 4 saturated carbocycles. The molecule has 4 rings (SSSR count). The average molecular weight is 322 g/mol. The van der Waals surface area contributed by atoms with E-state index in [9.17, 15) is 9.90 Å². The first-order valence-electron chi connectivity index (χ1n) is 9.62. The van der Waals surface area contributed by atoms with Crippen LogP contribution in [0.1, 0.15) is 65.7 Å². The maximum atomic E-state index is 15.3. The number of ketones is 1. The van der Waals surface area contributed by atoms with Gasteiger partial charge in [-0.05, 0) is 72.5 Å². The van der Waals surface area contributed by atoms with E-state index >= 15 is 4.39 Å². The molecule has 0 radical (unpaired) electrons. The van der Waals surface area contributed by atoms with Crippen LogP contribution in [0.15, 0.2) is 0 Å². The fourth-order valence-corrected chi connectivity index (χ4v) is 7.37. The van der Waals surface area contributed by atoms with Gasteiger partial charge in [0.2, 0.25) is 0 Å². The quantitative estimate of drug-likeness (QED) is 0.727. The van der Waals surface area contributed by atoms with Crippen molar-refractivity contribution >= 4 is 5.78 Å². The van der Waals surface area contributed by atoms with Crippen molar-refractivity contribution in [2.75, 3.05) is 0 Å². The summed E-state index contributed by atoms with van der Waals surface area (Å²) in [5, 5.41) is 10.5. The third-order valence-corrected chi connectivity index (χ3v) is 8.96. The molecule has 0 aromatic heterocycles. The minimum Gasteiger partial charge on any atom is -0.393 e. The van der Waals surface area contributed by atoms with Crippen molar-refractivity contribution in [2.24, 2.45) is 40.4 Å². The van der Waals surface area contributed by atoms with Crippen molar-refractivity contribution in [2.45, 2.75) is 78.0 Å². The van der Waals surface area contributed by atoms with Crippen LogP contribution in [0.3, 0.4) is 0 Å². The first-order chi connectivity index (χ1) is 10.8. The van der Waals surface area contributed by atoms with Gasteiger partial charge in [0.15, 0.2) is 0 Å². The molecule has 0 amide bonds. The van der Waals surface area contributed by atoms with E-state index in [2.05, 4.69) is 20.8 Å². The third kappa shape index (κ3) is 1.98. The Morgan fingerprint density at radius 3 is 2.61 bits per heavy atom. The van der Waals surface area contributed by atoms with Crippen molar-refractivity contribution in [3.8, 4) is 0 Å². The Morgan fingerprint density at radius 1 is 1.13 bits per heavy atom. The van der Waals surface area contributed by atoms with Gasteiger partial charge in [-0.25, -0.2) is 4.39 Å². The molecule has 3 unspecified atom stereocenters. The number of Topliss-reactive ketones (excluding diaryl/α,β-unsaturated/α-hetero) is 1. The molecule has 0 aliphatic heterocycles. The van der Waals surface area contributed by atoms with Crippen LogP contribution in [0.4, 0.5) is 4.39 Å². The molecular formula is C20H31FO2. The zero-order valence-electron chi connectivity index (χ0n) is 14.7. The summed E-state index contributed by atoms with van der Waals surface area (Å²) in [7, 11) is 0. The minimum absolute atomic E-state index is 0.0809. The summed E-state index contributed by atoms with van der Waals surface area (Å²) in [5.74, 6) is 1.75. The summed E-state index contributed by atoms with van der Waals surface area (Å²) in [6.45, 7) is 6.77. The number of rotatable bonds is 0. The number of aliphatic hydroxyl groups excluding tert-OH is 1. The van der Waals surface area contributed by atoms with E-state index in [-0.39, 0.29) is 28.8 Å². The fraction of sp³-hybridized carbons (Fsp3) is 0.950. The van der Waals surface area contributed by atoms with E-state index in [0.29, 0.717) is 42.8 Å². The molecule has 23 heavy (non-hydrogen) atoms. The van der Waals surface area contributed by atoms with E-state index in [1.165, 1.54) is 0 Å². The van der Waals surface area contributed by atoms with Gasteiger partial charge in [-0.15, -0.1) is 0 Å². The zero-order valence-corrected chi connectivity index (χ0v) is 14.7. The number of carbonyl (C=O) groups is 1. The van der Waals surface area contributed by atoms with Crippen LogP contribution in [0.5, 0.6) is 0 Å². The monoisotopic (exact) mass is 322 g/mol. The van der Waals surface area contributed by atoms with Gasteiger partial charge in [0.05, 0.1) is 6.10 Å². The van der Waals surface area contributed by atoms with E-state index < -0.39 is 6.17 Å². The third-order valence-electron chi connectivity index (χ3n) is 8.96. The molecule has 4 fully saturated rings. The highest BCUT2D eigenvalue weighted by atomic mass is 19.1. The van der Waals surface area contributed by atoms with Gasteiger partial charge in [-0.1, -0.05) is 20.8 Å². The summed E-state index contributed by atoms with van der Waals surface area (Å²) in [6, 6.07) is 0. The van der Waals surface area contributed by atoms with E-state index in [1.807, 2.05) is 0 Å². The second-order valence-electron chi connectivity index (χ2n) is 9.59. The second kappa shape index (κ2) is 5.03. The standard InChI is InChI=1S/C20H31FO2/c1-11-8-13(22)9-12-10-16(21)18-14-4-5-17(23)19(14,2)7-6-15(18)20(11,12)3/h11-12,14-18,23H,4-10H2,1-3H3/t11?,12?,14-,15-,16?,17-,18-,19-,20-/m0/s1. The SMILES string of the molecule is CC1CC(=O)CC2CC(F)[C@@H]3[C@H](CC[C@]4(C)[C@@H](O)CC[C@@H]34)[C@@]12C. The van der Waals surface area contributed by atoms with Crippen molar-refractivity contribution in [3.63, 3.8) is 0 Å². The largest absolute Gasteiger partial charge is 0.393 e. The molecule has 0 spiro atoms. The van der Waals surface area contributed by atoms with Gasteiger partial charge in [0, 0.05) is 12.8 Å². The molecule has 4 aliphatic carbocycles. The number of fused-ring (bicyclic) bond motifs is 5. The highest BCUT2D eigenvalue weighted by Gasteiger charge is 2.64. The normalized spacial score (nSPS) is 59.2. The summed E-state index contributed by atoms with van der Waals surface area (Å²) < 4.78 is 15.3. The van der Waals surface area contributed by atoms with Gasteiger partial charge in [-0.3, -0.25) is 4.79 Å². The van der Waals surface area contributed by atoms with E-state index in [4.69, 9.17) is 0 Å². The molecule has 0 aromatic carbocycles. The van der Waals surface area contributed by atoms with Crippen LogP contribution < -0.4 is 0 Å². The molecule has 1 N–H and O–H groups in total. The molecule has 4 aliphatic rings. The lowest BCUT2D eigenvalue weighted by Crippen LogP contribution is -2.60. The lowest BCUT2D eigenvalue weighted by molar-refractivity contribution is -0.172. The predicted molar refractivity (Wildman–Crippen MR) is 87.6 cm³/mol. The summed E-state index contributed by atoms with van der Waals surface area (Å²) in [4.78, 5) is 12.1. The molecule has 9 atom stereocenters. The van der Waals surface area contributed by atoms with Crippen molar-refractivity contribution in [3.05, 3.63) is 0 Å². The van der Waals surface area contributed by atoms with Crippen molar-refractivity contribution in [1.29, 1.82) is 0 Å². The molecule has 130 valence electrons. The smallest absolute Gasteiger partial charge is 0.133 e. The molecule has 0 saturated heterocycles. The molecule has 0 heterocycles.